The van der Waals surface area contributed by atoms with Crippen LogP contribution in [0.1, 0.15) is 47.0 Å². The number of nitrogens with one attached hydrogen (secondary N) is 1. The lowest BCUT2D eigenvalue weighted by atomic mass is 9.99. The molecule has 0 unspecified atom stereocenters. The monoisotopic (exact) mass is 440 g/mol. The van der Waals surface area contributed by atoms with Crippen molar-refractivity contribution in [2.45, 2.75) is 62.8 Å². The third-order valence-corrected chi connectivity index (χ3v) is 5.53. The van der Waals surface area contributed by atoms with E-state index in [1.54, 1.807) is 13.8 Å². The first kappa shape index (κ1) is 24.1. The minimum absolute atomic E-state index is 0.0849. The van der Waals surface area contributed by atoms with Gasteiger partial charge in [0.25, 0.3) is 11.8 Å². The molecule has 0 aromatic heterocycles. The number of alkyl halides is 3. The number of carbonyl (C=O) groups is 3. The molecule has 0 spiro atoms. The highest BCUT2D eigenvalue weighted by Crippen LogP contribution is 2.38. The summed E-state index contributed by atoms with van der Waals surface area (Å²) in [6.45, 7) is 7.31. The van der Waals surface area contributed by atoms with Gasteiger partial charge in [-0.05, 0) is 18.8 Å². The molecule has 27 heavy (non-hydrogen) atoms. The molecule has 0 saturated carbocycles. The number of halogens is 3. The van der Waals surface area contributed by atoms with Gasteiger partial charge in [0, 0.05) is 18.4 Å². The summed E-state index contributed by atoms with van der Waals surface area (Å²) in [6, 6.07) is -1.50. The van der Waals surface area contributed by atoms with E-state index in [9.17, 15) is 14.4 Å². The van der Waals surface area contributed by atoms with E-state index in [1.165, 1.54) is 13.2 Å². The predicted octanol–water partition coefficient (Wildman–Crippen LogP) is 3.59. The summed E-state index contributed by atoms with van der Waals surface area (Å²) >= 11 is 17.8. The number of hydrogen-bond acceptors (Lipinski definition) is 4. The molecule has 0 aliphatic carbocycles. The minimum Gasteiger partial charge on any atom is -0.499 e. The topological polar surface area (TPSA) is 75.7 Å². The average Bonchev–Trinajstić information content (AvgIpc) is 2.87. The van der Waals surface area contributed by atoms with Crippen molar-refractivity contribution in [3.63, 3.8) is 0 Å². The summed E-state index contributed by atoms with van der Waals surface area (Å²) in [5.41, 5.74) is 0. The molecule has 6 nitrogen and oxygen atoms in total. The van der Waals surface area contributed by atoms with Crippen molar-refractivity contribution < 1.29 is 19.1 Å². The van der Waals surface area contributed by atoms with Gasteiger partial charge in [0.1, 0.15) is 11.8 Å². The Morgan fingerprint density at radius 2 is 1.89 bits per heavy atom. The van der Waals surface area contributed by atoms with Gasteiger partial charge in [0.2, 0.25) is 5.91 Å². The van der Waals surface area contributed by atoms with E-state index in [0.29, 0.717) is 12.2 Å². The van der Waals surface area contributed by atoms with Crippen molar-refractivity contribution in [3.05, 3.63) is 11.8 Å². The number of hydrogen-bond donors (Lipinski definition) is 1. The van der Waals surface area contributed by atoms with Gasteiger partial charge in [-0.1, -0.05) is 62.5 Å². The Labute approximate surface area is 175 Å². The molecule has 0 radical (unpaired) electrons. The van der Waals surface area contributed by atoms with Gasteiger partial charge in [-0.3, -0.25) is 19.3 Å². The van der Waals surface area contributed by atoms with Gasteiger partial charge in [-0.15, -0.1) is 0 Å². The van der Waals surface area contributed by atoms with E-state index in [0.717, 1.165) is 4.90 Å². The Balaban J connectivity index is 3.14. The van der Waals surface area contributed by atoms with Gasteiger partial charge >= 0.3 is 0 Å². The van der Waals surface area contributed by atoms with Crippen LogP contribution in [0.3, 0.4) is 0 Å². The molecule has 1 rings (SSSR count). The number of methoxy groups -OCH3 is 1. The van der Waals surface area contributed by atoms with Gasteiger partial charge in [-0.25, -0.2) is 0 Å². The SMILES string of the molecule is CCC(=O)N[C@@H](C[C@H](C)C(Cl)(Cl)Cl)C(=O)N1C(=O)C=C(OC)[C@@H]1CC(C)C. The summed E-state index contributed by atoms with van der Waals surface area (Å²) in [4.78, 5) is 38.7. The fourth-order valence-electron chi connectivity index (χ4n) is 2.87. The van der Waals surface area contributed by atoms with E-state index in [4.69, 9.17) is 39.5 Å². The first-order valence-electron chi connectivity index (χ1n) is 8.90. The molecule has 3 atom stereocenters. The lowest BCUT2D eigenvalue weighted by Crippen LogP contribution is -2.53. The lowest BCUT2D eigenvalue weighted by molar-refractivity contribution is -0.146. The number of amides is 3. The third kappa shape index (κ3) is 6.54. The second-order valence-electron chi connectivity index (χ2n) is 7.09. The second kappa shape index (κ2) is 9.99. The maximum atomic E-state index is 13.2. The highest BCUT2D eigenvalue weighted by Gasteiger charge is 2.43. The van der Waals surface area contributed by atoms with Crippen LogP contribution in [0.15, 0.2) is 11.8 Å². The Hall–Kier alpha value is -0.980. The minimum atomic E-state index is -1.60. The maximum Gasteiger partial charge on any atom is 0.257 e. The number of rotatable bonds is 8. The van der Waals surface area contributed by atoms with Gasteiger partial charge in [0.15, 0.2) is 3.79 Å². The summed E-state index contributed by atoms with van der Waals surface area (Å²) in [5, 5.41) is 2.65. The van der Waals surface area contributed by atoms with E-state index in [-0.39, 0.29) is 24.7 Å². The van der Waals surface area contributed by atoms with Crippen molar-refractivity contribution in [1.82, 2.24) is 10.2 Å². The molecule has 1 aliphatic rings. The zero-order valence-corrected chi connectivity index (χ0v) is 18.5. The number of imide groups is 1. The van der Waals surface area contributed by atoms with E-state index in [2.05, 4.69) is 5.32 Å². The highest BCUT2D eigenvalue weighted by atomic mass is 35.6. The standard InChI is InChI=1S/C18H27Cl3N2O4/c1-6-15(24)22-12(8-11(4)18(19,20)21)17(26)23-13(7-10(2)3)14(27-5)9-16(23)25/h9-13H,6-8H2,1-5H3,(H,22,24)/t11-,12-,13-/m0/s1. The molecule has 0 fully saturated rings. The molecular weight excluding hydrogens is 415 g/mol. The molecule has 1 N–H and O–H groups in total. The third-order valence-electron chi connectivity index (χ3n) is 4.41. The molecule has 0 aromatic carbocycles. The second-order valence-corrected chi connectivity index (χ2v) is 9.46. The first-order valence-corrected chi connectivity index (χ1v) is 10.0. The van der Waals surface area contributed by atoms with Crippen LogP contribution >= 0.6 is 34.8 Å². The largest absolute Gasteiger partial charge is 0.499 e. The van der Waals surface area contributed by atoms with Crippen LogP contribution in [0.25, 0.3) is 0 Å². The van der Waals surface area contributed by atoms with Crippen LogP contribution < -0.4 is 5.32 Å². The molecular formula is C18H27Cl3N2O4. The van der Waals surface area contributed by atoms with Crippen LogP contribution in [0.2, 0.25) is 0 Å². The summed E-state index contributed by atoms with van der Waals surface area (Å²) in [5.74, 6) is -1.20. The quantitative estimate of drug-likeness (QED) is 0.584. The Kier molecular flexibility index (Phi) is 8.90. The molecule has 0 aromatic rings. The van der Waals surface area contributed by atoms with Crippen LogP contribution in [-0.2, 0) is 19.1 Å². The highest BCUT2D eigenvalue weighted by molar-refractivity contribution is 6.67. The number of nitrogens with zero attached hydrogens (tertiary/aromatic N) is 1. The van der Waals surface area contributed by atoms with Crippen molar-refractivity contribution in [3.8, 4) is 0 Å². The molecule has 1 aliphatic heterocycles. The Bertz CT molecular complexity index is 602. The smallest absolute Gasteiger partial charge is 0.257 e. The van der Waals surface area contributed by atoms with Crippen LogP contribution in [0, 0.1) is 11.8 Å². The van der Waals surface area contributed by atoms with E-state index in [1.807, 2.05) is 13.8 Å². The van der Waals surface area contributed by atoms with Crippen LogP contribution in [0.4, 0.5) is 0 Å². The van der Waals surface area contributed by atoms with E-state index < -0.39 is 33.6 Å². The molecule has 154 valence electrons. The van der Waals surface area contributed by atoms with Crippen molar-refractivity contribution in [1.29, 1.82) is 0 Å². The van der Waals surface area contributed by atoms with Crippen LogP contribution in [-0.4, -0.2) is 45.6 Å². The summed E-state index contributed by atoms with van der Waals surface area (Å²) < 4.78 is 3.69. The number of ether oxygens (including phenoxy) is 1. The predicted molar refractivity (Wildman–Crippen MR) is 106 cm³/mol. The molecule has 1 heterocycles. The van der Waals surface area contributed by atoms with Gasteiger partial charge < -0.3 is 10.1 Å². The summed E-state index contributed by atoms with van der Waals surface area (Å²) in [7, 11) is 1.46. The van der Waals surface area contributed by atoms with E-state index >= 15 is 0 Å². The molecule has 0 saturated heterocycles. The fraction of sp³-hybridized carbons (Fsp3) is 0.722. The zero-order chi connectivity index (χ0) is 20.9. The first-order chi connectivity index (χ1) is 12.4. The molecule has 0 bridgehead atoms. The fourth-order valence-corrected chi connectivity index (χ4v) is 3.13. The summed E-state index contributed by atoms with van der Waals surface area (Å²) in [6.07, 6.45) is 2.13. The van der Waals surface area contributed by atoms with Crippen molar-refractivity contribution in [2.24, 2.45) is 11.8 Å². The zero-order valence-electron chi connectivity index (χ0n) is 16.2. The molecule has 3 amide bonds. The molecule has 9 heteroatoms. The van der Waals surface area contributed by atoms with Gasteiger partial charge in [0.05, 0.1) is 13.2 Å². The number of carbonyl (C=O) groups excluding carboxylic acids is 3. The van der Waals surface area contributed by atoms with Crippen molar-refractivity contribution in [2.75, 3.05) is 7.11 Å². The lowest BCUT2D eigenvalue weighted by Gasteiger charge is -2.32. The Morgan fingerprint density at radius 1 is 1.30 bits per heavy atom. The Morgan fingerprint density at radius 3 is 2.33 bits per heavy atom. The van der Waals surface area contributed by atoms with Gasteiger partial charge in [-0.2, -0.15) is 0 Å². The maximum absolute atomic E-state index is 13.2. The van der Waals surface area contributed by atoms with Crippen molar-refractivity contribution >= 4 is 52.5 Å². The normalized spacial score (nSPS) is 19.7. The van der Waals surface area contributed by atoms with Crippen LogP contribution in [0.5, 0.6) is 0 Å². The average molecular weight is 442 g/mol.